The molecule has 0 amide bonds. The molecule has 0 saturated heterocycles. The molecule has 0 aliphatic rings. The molecule has 141 heavy (non-hydrogen) atoms. The summed E-state index contributed by atoms with van der Waals surface area (Å²) in [6.07, 6.45) is 7.15. The second-order valence-electron chi connectivity index (χ2n) is 39.3. The van der Waals surface area contributed by atoms with Crippen LogP contribution < -0.4 is 5.10 Å². The van der Waals surface area contributed by atoms with Crippen LogP contribution in [0, 0.1) is 73.6 Å². The Morgan fingerprint density at radius 3 is 1.24 bits per heavy atom. The molecule has 13 aromatic carbocycles. The van der Waals surface area contributed by atoms with Gasteiger partial charge in [0.25, 0.3) is 0 Å². The van der Waals surface area contributed by atoms with Gasteiger partial charge in [-0.3, -0.25) is 30.0 Å². The standard InChI is InChI=1S/C24H15N2.C21H17N2.C19H13N2.C15H13N2.C13H9N4.2C11H24O2.C5H12O2.4Ir/c1-2-8-17(9-3-1)19-11-6-7-13-21(19)24-22-15-14-18-10-4-5-12-20(18)23(22)25-16-26-24;1-14(2)20-19-12-18(15-8-4-3-5-9-15)16-10-6-7-11-17(16)21(19)23-13-22-20;1-13-15-10-11-17-16(14-6-3-2-4-7-14)8-5-9-18(17)19(15)21-12-20-13;1-9-10(2)14-11(3)16-8-17-15(14)13-7-5-4-6-12(9)13;1-2-6-10(7-3-1)12-15-13(17-16-12)11-8-4-5-9-14-11;2*1-10(2,3)8(12)7-9(13)11(4,5)6;1-4(6)3-5(2)7;;;;/h1-11,13-16H;3-10,12-14H,1-2H3;2-8,10-12H,1H3;4-6,8H,1-3H3;1-9H;2*8-9,12-13H,7H2,1-6H3;4-7H,3H2,1-2H3;;;;/q5*-1;;;;;;;. The van der Waals surface area contributed by atoms with Crippen LogP contribution in [0.3, 0.4) is 0 Å². The van der Waals surface area contributed by atoms with Crippen molar-refractivity contribution in [1.29, 1.82) is 0 Å². The fourth-order valence-corrected chi connectivity index (χ4v) is 15.8. The van der Waals surface area contributed by atoms with Gasteiger partial charge in [-0.2, -0.15) is 0 Å². The summed E-state index contributed by atoms with van der Waals surface area (Å²) in [6, 6.07) is 102. The molecule has 6 heterocycles. The van der Waals surface area contributed by atoms with Gasteiger partial charge in [-0.1, -0.05) is 312 Å². The molecule has 19 aromatic rings. The fraction of sp³-hybridized carbons (Fsp3) is 0.286. The van der Waals surface area contributed by atoms with Gasteiger partial charge in [0.1, 0.15) is 25.3 Å². The summed E-state index contributed by atoms with van der Waals surface area (Å²) in [5, 5.41) is 77.7. The van der Waals surface area contributed by atoms with Crippen LogP contribution >= 0.6 is 0 Å². The molecule has 0 aliphatic heterocycles. The molecule has 6 unspecified atom stereocenters. The number of aliphatic hydroxyl groups is 6. The van der Waals surface area contributed by atoms with Crippen LogP contribution in [0.4, 0.5) is 0 Å². The zero-order chi connectivity index (χ0) is 98.5. The Morgan fingerprint density at radius 1 is 0.319 bits per heavy atom. The average molecular weight is 2590 g/mol. The molecule has 4 radical (unpaired) electrons. The Kier molecular flexibility index (Phi) is 43.1. The molecule has 0 fully saturated rings. The molecule has 0 saturated carbocycles. The van der Waals surface area contributed by atoms with Crippen LogP contribution in [0.25, 0.3) is 154 Å². The number of aliphatic hydroxyl groups excluding tert-OH is 6. The summed E-state index contributed by atoms with van der Waals surface area (Å²) >= 11 is 0. The minimum Gasteiger partial charge on any atom is -0.417 e. The van der Waals surface area contributed by atoms with E-state index < -0.39 is 24.4 Å². The molecule has 740 valence electrons. The molecule has 6 atom stereocenters. The topological polar surface area (TPSA) is 277 Å². The number of rotatable bonds is 13. The van der Waals surface area contributed by atoms with E-state index in [1.54, 1.807) is 45.4 Å². The number of pyridine rings is 1. The Bertz CT molecular complexity index is 7050. The van der Waals surface area contributed by atoms with E-state index in [0.717, 1.165) is 105 Å². The Morgan fingerprint density at radius 2 is 0.730 bits per heavy atom. The third-order valence-electron chi connectivity index (χ3n) is 24.2. The van der Waals surface area contributed by atoms with Gasteiger partial charge in [-0.25, -0.2) is 19.9 Å². The van der Waals surface area contributed by atoms with E-state index in [1.165, 1.54) is 66.1 Å². The van der Waals surface area contributed by atoms with E-state index >= 15 is 0 Å². The molecule has 6 aromatic heterocycles. The van der Waals surface area contributed by atoms with Crippen molar-refractivity contribution in [3.05, 3.63) is 345 Å². The van der Waals surface area contributed by atoms with Crippen molar-refractivity contribution in [1.82, 2.24) is 60.0 Å². The first-order valence-corrected chi connectivity index (χ1v) is 46.7. The largest absolute Gasteiger partial charge is 0.417 e. The van der Waals surface area contributed by atoms with Gasteiger partial charge in [-0.15, -0.1) is 123 Å². The number of aryl methyl sites for hydroxylation is 4. The van der Waals surface area contributed by atoms with Crippen molar-refractivity contribution in [2.45, 2.75) is 200 Å². The Labute approximate surface area is 884 Å². The van der Waals surface area contributed by atoms with Crippen molar-refractivity contribution in [3.63, 3.8) is 0 Å². The van der Waals surface area contributed by atoms with Crippen LogP contribution in [0.1, 0.15) is 164 Å². The van der Waals surface area contributed by atoms with Gasteiger partial charge < -0.3 is 40.7 Å². The molecule has 18 nitrogen and oxygen atoms in total. The van der Waals surface area contributed by atoms with Crippen molar-refractivity contribution in [2.75, 3.05) is 0 Å². The van der Waals surface area contributed by atoms with E-state index in [9.17, 15) is 20.4 Å². The molecular weight excluding hydrogens is 2460 g/mol. The number of aromatic nitrogens is 12. The summed E-state index contributed by atoms with van der Waals surface area (Å²) < 4.78 is 0. The summed E-state index contributed by atoms with van der Waals surface area (Å²) in [7, 11) is 0. The van der Waals surface area contributed by atoms with E-state index in [4.69, 9.17) is 10.2 Å². The minimum absolute atomic E-state index is 0. The quantitative estimate of drug-likeness (QED) is 0.0462. The first-order valence-electron chi connectivity index (χ1n) is 46.7. The van der Waals surface area contributed by atoms with Gasteiger partial charge in [-0.05, 0) is 165 Å². The maximum atomic E-state index is 9.76. The van der Waals surface area contributed by atoms with E-state index in [2.05, 4.69) is 264 Å². The minimum atomic E-state index is -0.443. The summed E-state index contributed by atoms with van der Waals surface area (Å²) in [5.74, 6) is 1.54. The summed E-state index contributed by atoms with van der Waals surface area (Å²) in [5.41, 5.74) is 20.0. The van der Waals surface area contributed by atoms with Gasteiger partial charge in [0.15, 0.2) is 0 Å². The number of nitrogens with zero attached hydrogens (tertiary/aromatic N) is 12. The molecule has 0 spiro atoms. The smallest absolute Gasteiger partial charge is 0.106 e. The zero-order valence-electron chi connectivity index (χ0n) is 83.8. The number of hydrogen-bond donors (Lipinski definition) is 6. The van der Waals surface area contributed by atoms with E-state index in [0.29, 0.717) is 36.8 Å². The van der Waals surface area contributed by atoms with Crippen molar-refractivity contribution in [3.8, 4) is 67.5 Å². The predicted octanol–water partition coefficient (Wildman–Crippen LogP) is 26.0. The van der Waals surface area contributed by atoms with Crippen LogP contribution in [0.15, 0.2) is 292 Å². The summed E-state index contributed by atoms with van der Waals surface area (Å²) in [6.45, 7) is 39.7. The number of hydrogen-bond acceptors (Lipinski definition) is 17. The third kappa shape index (κ3) is 30.3. The van der Waals surface area contributed by atoms with Crippen LogP contribution in [-0.4, -0.2) is 122 Å². The number of benzene rings is 13. The van der Waals surface area contributed by atoms with Crippen LogP contribution in [0.5, 0.6) is 0 Å². The monoisotopic (exact) mass is 2590 g/mol. The average Bonchev–Trinajstić information content (AvgIpc) is 0.832. The van der Waals surface area contributed by atoms with Crippen molar-refractivity contribution >= 4 is 86.7 Å². The van der Waals surface area contributed by atoms with Gasteiger partial charge in [0, 0.05) is 122 Å². The fourth-order valence-electron chi connectivity index (χ4n) is 15.8. The first-order chi connectivity index (χ1) is 65.4. The molecule has 19 rings (SSSR count). The SMILES string of the molecule is CC(C)(C)C(O)CC(O)C(C)(C)C.CC(C)(C)C(O)CC(O)C(C)(C)C.CC(C)c1ncnc2c1cc(-c1ccccc1)c1ccc[c-]c12.CC(O)CC(C)O.Cc1c(C)c2c(C)ncnc2c2[c-]cccc12.Cc1ncnc2c1ccc1c(-c3ccccc3)cc[c-]c12.[Ir].[Ir].[Ir].[Ir].[c-]1cccc2ccc3c(-c4ccccc4-c4ccccc4)ncnc3c12.c1ccc(-c2n[n-]c(-c3ccccn3)n2)cc1. The van der Waals surface area contributed by atoms with E-state index in [1.807, 2.05) is 206 Å². The molecule has 0 bridgehead atoms. The second kappa shape index (κ2) is 52.8. The van der Waals surface area contributed by atoms with Crippen LogP contribution in [0.2, 0.25) is 0 Å². The van der Waals surface area contributed by atoms with Gasteiger partial charge >= 0.3 is 0 Å². The Balaban J connectivity index is 0.000000201. The maximum absolute atomic E-state index is 9.76. The number of fused-ring (bicyclic) bond motifs is 12. The third-order valence-corrected chi connectivity index (χ3v) is 24.2. The van der Waals surface area contributed by atoms with Gasteiger partial charge in [0.2, 0.25) is 0 Å². The Hall–Kier alpha value is -11.1. The molecular formula is C119H127Ir4N12O6-5. The maximum Gasteiger partial charge on any atom is 0.106 e. The summed E-state index contributed by atoms with van der Waals surface area (Å²) in [4.78, 5) is 44.3. The normalized spacial score (nSPS) is 12.5. The van der Waals surface area contributed by atoms with Crippen LogP contribution in [-0.2, 0) is 80.4 Å². The van der Waals surface area contributed by atoms with Crippen molar-refractivity contribution < 1.29 is 111 Å². The zero-order valence-corrected chi connectivity index (χ0v) is 93.3. The second-order valence-corrected chi connectivity index (χ2v) is 39.3. The first kappa shape index (κ1) is 115. The molecule has 0 aliphatic carbocycles. The molecule has 22 heteroatoms. The van der Waals surface area contributed by atoms with Crippen molar-refractivity contribution in [2.24, 2.45) is 21.7 Å². The van der Waals surface area contributed by atoms with Gasteiger partial charge in [0.05, 0.1) is 53.8 Å². The molecule has 6 N–H and O–H groups in total. The van der Waals surface area contributed by atoms with E-state index in [-0.39, 0.29) is 114 Å². The predicted molar refractivity (Wildman–Crippen MR) is 561 cm³/mol.